The van der Waals surface area contributed by atoms with Gasteiger partial charge in [0.25, 0.3) is 0 Å². The first-order valence-corrected chi connectivity index (χ1v) is 5.79. The highest BCUT2D eigenvalue weighted by Crippen LogP contribution is 2.29. The van der Waals surface area contributed by atoms with Gasteiger partial charge in [-0.15, -0.1) is 6.42 Å². The fourth-order valence-corrected chi connectivity index (χ4v) is 1.89. The molecule has 0 aliphatic carbocycles. The molecule has 0 bridgehead atoms. The summed E-state index contributed by atoms with van der Waals surface area (Å²) in [7, 11) is 0. The van der Waals surface area contributed by atoms with E-state index >= 15 is 0 Å². The molecule has 1 atom stereocenters. The molecule has 1 rings (SSSR count). The van der Waals surface area contributed by atoms with Crippen molar-refractivity contribution in [2.24, 2.45) is 0 Å². The van der Waals surface area contributed by atoms with E-state index in [1.165, 1.54) is 11.1 Å². The van der Waals surface area contributed by atoms with E-state index < -0.39 is 0 Å². The van der Waals surface area contributed by atoms with Crippen LogP contribution in [0.2, 0.25) is 0 Å². The zero-order valence-corrected chi connectivity index (χ0v) is 10.7. The maximum Gasteiger partial charge on any atom is 0.0946 e. The third-order valence-electron chi connectivity index (χ3n) is 2.65. The van der Waals surface area contributed by atoms with E-state index in [0.717, 1.165) is 6.54 Å². The Morgan fingerprint density at radius 1 is 1.31 bits per heavy atom. The molecule has 0 aliphatic heterocycles. The van der Waals surface area contributed by atoms with Gasteiger partial charge in [-0.3, -0.25) is 0 Å². The second-order valence-electron chi connectivity index (χ2n) is 4.99. The third kappa shape index (κ3) is 2.87. The molecule has 0 fully saturated rings. The number of hydrogen-bond acceptors (Lipinski definition) is 1. The van der Waals surface area contributed by atoms with Crippen LogP contribution in [0.4, 0.5) is 0 Å². The standard InChI is InChI=1S/C15H21N/c1-6-14(16-7-2)12-10-8-9-11-13(12)15(3,4)5/h1,8-11,14,16H,7H2,2-5H3. The maximum absolute atomic E-state index is 5.59. The van der Waals surface area contributed by atoms with Gasteiger partial charge in [0.05, 0.1) is 6.04 Å². The van der Waals surface area contributed by atoms with Crippen molar-refractivity contribution in [3.8, 4) is 12.3 Å². The molecule has 1 aromatic carbocycles. The second kappa shape index (κ2) is 5.18. The molecule has 0 saturated heterocycles. The van der Waals surface area contributed by atoms with Crippen LogP contribution in [0.1, 0.15) is 44.9 Å². The minimum Gasteiger partial charge on any atom is -0.300 e. The number of terminal acetylenes is 1. The Morgan fingerprint density at radius 3 is 2.44 bits per heavy atom. The van der Waals surface area contributed by atoms with Gasteiger partial charge in [0, 0.05) is 0 Å². The summed E-state index contributed by atoms with van der Waals surface area (Å²) < 4.78 is 0. The molecule has 1 N–H and O–H groups in total. The molecular formula is C15H21N. The van der Waals surface area contributed by atoms with Crippen molar-refractivity contribution < 1.29 is 0 Å². The predicted molar refractivity (Wildman–Crippen MR) is 70.4 cm³/mol. The van der Waals surface area contributed by atoms with Crippen LogP contribution in [0.25, 0.3) is 0 Å². The summed E-state index contributed by atoms with van der Waals surface area (Å²) in [6, 6.07) is 8.42. The van der Waals surface area contributed by atoms with E-state index in [9.17, 15) is 0 Å². The first kappa shape index (κ1) is 12.8. The summed E-state index contributed by atoms with van der Waals surface area (Å²) in [4.78, 5) is 0. The fourth-order valence-electron chi connectivity index (χ4n) is 1.89. The molecule has 0 aliphatic rings. The Balaban J connectivity index is 3.18. The summed E-state index contributed by atoms with van der Waals surface area (Å²) in [6.07, 6.45) is 5.59. The van der Waals surface area contributed by atoms with Crippen LogP contribution in [-0.4, -0.2) is 6.54 Å². The number of nitrogens with one attached hydrogen (secondary N) is 1. The molecule has 0 spiro atoms. The van der Waals surface area contributed by atoms with Crippen molar-refractivity contribution in [1.82, 2.24) is 5.32 Å². The van der Waals surface area contributed by atoms with Gasteiger partial charge in [-0.05, 0) is 23.1 Å². The highest BCUT2D eigenvalue weighted by atomic mass is 14.9. The lowest BCUT2D eigenvalue weighted by Gasteiger charge is -2.25. The Kier molecular flexibility index (Phi) is 4.15. The van der Waals surface area contributed by atoms with Crippen LogP contribution in [0.3, 0.4) is 0 Å². The third-order valence-corrected chi connectivity index (χ3v) is 2.65. The zero-order valence-electron chi connectivity index (χ0n) is 10.7. The summed E-state index contributed by atoms with van der Waals surface area (Å²) in [6.45, 7) is 9.60. The van der Waals surface area contributed by atoms with Crippen LogP contribution in [0.15, 0.2) is 24.3 Å². The Hall–Kier alpha value is -1.26. The number of benzene rings is 1. The summed E-state index contributed by atoms with van der Waals surface area (Å²) in [5, 5.41) is 3.32. The van der Waals surface area contributed by atoms with Gasteiger partial charge in [-0.1, -0.05) is 57.9 Å². The van der Waals surface area contributed by atoms with Crippen LogP contribution in [0, 0.1) is 12.3 Å². The first-order valence-electron chi connectivity index (χ1n) is 5.79. The van der Waals surface area contributed by atoms with E-state index in [1.54, 1.807) is 0 Å². The molecule has 86 valence electrons. The fraction of sp³-hybridized carbons (Fsp3) is 0.467. The van der Waals surface area contributed by atoms with Gasteiger partial charge in [0.1, 0.15) is 0 Å². The highest BCUT2D eigenvalue weighted by molar-refractivity contribution is 5.38. The van der Waals surface area contributed by atoms with Gasteiger partial charge >= 0.3 is 0 Å². The highest BCUT2D eigenvalue weighted by Gasteiger charge is 2.20. The van der Waals surface area contributed by atoms with Crippen molar-refractivity contribution in [3.63, 3.8) is 0 Å². The molecule has 0 heterocycles. The lowest BCUT2D eigenvalue weighted by Crippen LogP contribution is -2.24. The van der Waals surface area contributed by atoms with E-state index in [2.05, 4.69) is 57.1 Å². The number of hydrogen-bond donors (Lipinski definition) is 1. The number of rotatable bonds is 3. The summed E-state index contributed by atoms with van der Waals surface area (Å²) in [5.41, 5.74) is 2.67. The molecule has 0 radical (unpaired) electrons. The molecular weight excluding hydrogens is 194 g/mol. The van der Waals surface area contributed by atoms with Crippen molar-refractivity contribution >= 4 is 0 Å². The normalized spacial score (nSPS) is 13.2. The van der Waals surface area contributed by atoms with Gasteiger partial charge in [-0.2, -0.15) is 0 Å². The van der Waals surface area contributed by atoms with Gasteiger partial charge in [0.15, 0.2) is 0 Å². The summed E-state index contributed by atoms with van der Waals surface area (Å²) >= 11 is 0. The van der Waals surface area contributed by atoms with E-state index in [0.29, 0.717) is 0 Å². The van der Waals surface area contributed by atoms with Gasteiger partial charge in [0.2, 0.25) is 0 Å². The second-order valence-corrected chi connectivity index (χ2v) is 4.99. The van der Waals surface area contributed by atoms with Crippen LogP contribution >= 0.6 is 0 Å². The van der Waals surface area contributed by atoms with Crippen LogP contribution in [-0.2, 0) is 5.41 Å². The summed E-state index contributed by atoms with van der Waals surface area (Å²) in [5.74, 6) is 2.82. The monoisotopic (exact) mass is 215 g/mol. The molecule has 1 unspecified atom stereocenters. The van der Waals surface area contributed by atoms with Crippen molar-refractivity contribution in [1.29, 1.82) is 0 Å². The van der Waals surface area contributed by atoms with Crippen molar-refractivity contribution in [2.75, 3.05) is 6.54 Å². The molecule has 0 aromatic heterocycles. The Labute approximate surface area is 99.3 Å². The molecule has 1 aromatic rings. The Morgan fingerprint density at radius 2 is 1.94 bits per heavy atom. The lowest BCUT2D eigenvalue weighted by atomic mass is 9.82. The quantitative estimate of drug-likeness (QED) is 0.763. The SMILES string of the molecule is C#CC(NCC)c1ccccc1C(C)(C)C. The molecule has 0 amide bonds. The van der Waals surface area contributed by atoms with Crippen LogP contribution in [0.5, 0.6) is 0 Å². The van der Waals surface area contributed by atoms with Gasteiger partial charge < -0.3 is 5.32 Å². The van der Waals surface area contributed by atoms with E-state index in [4.69, 9.17) is 6.42 Å². The lowest BCUT2D eigenvalue weighted by molar-refractivity contribution is 0.566. The zero-order chi connectivity index (χ0) is 12.2. The molecule has 0 saturated carbocycles. The average Bonchev–Trinajstić information content (AvgIpc) is 2.25. The van der Waals surface area contributed by atoms with Crippen molar-refractivity contribution in [3.05, 3.63) is 35.4 Å². The largest absolute Gasteiger partial charge is 0.300 e. The Bertz CT molecular complexity index is 379. The average molecular weight is 215 g/mol. The predicted octanol–water partition coefficient (Wildman–Crippen LogP) is 3.27. The maximum atomic E-state index is 5.59. The van der Waals surface area contributed by atoms with Gasteiger partial charge in [-0.25, -0.2) is 0 Å². The molecule has 1 heteroatoms. The van der Waals surface area contributed by atoms with Crippen molar-refractivity contribution in [2.45, 2.75) is 39.2 Å². The molecule has 1 nitrogen and oxygen atoms in total. The minimum absolute atomic E-state index is 0.0143. The van der Waals surface area contributed by atoms with Crippen LogP contribution < -0.4 is 5.32 Å². The minimum atomic E-state index is 0.0143. The molecule has 16 heavy (non-hydrogen) atoms. The first-order chi connectivity index (χ1) is 7.50. The van der Waals surface area contributed by atoms with E-state index in [1.807, 2.05) is 6.07 Å². The topological polar surface area (TPSA) is 12.0 Å². The smallest absolute Gasteiger partial charge is 0.0946 e. The van der Waals surface area contributed by atoms with E-state index in [-0.39, 0.29) is 11.5 Å².